The van der Waals surface area contributed by atoms with Crippen molar-refractivity contribution in [3.05, 3.63) is 53.2 Å². The topological polar surface area (TPSA) is 59.9 Å². The number of nitrogens with one attached hydrogen (secondary N) is 1. The van der Waals surface area contributed by atoms with E-state index in [0.717, 1.165) is 16.7 Å². The van der Waals surface area contributed by atoms with Crippen molar-refractivity contribution in [3.8, 4) is 11.4 Å². The van der Waals surface area contributed by atoms with Crippen molar-refractivity contribution >= 4 is 11.0 Å². The summed E-state index contributed by atoms with van der Waals surface area (Å²) in [5.74, 6) is 0.710. The van der Waals surface area contributed by atoms with E-state index in [-0.39, 0.29) is 5.69 Å². The smallest absolute Gasteiger partial charge is 0.331 e. The van der Waals surface area contributed by atoms with Gasteiger partial charge in [-0.2, -0.15) is 0 Å². The Hall–Kier alpha value is -2.56. The number of benzene rings is 1. The van der Waals surface area contributed by atoms with Crippen molar-refractivity contribution in [2.24, 2.45) is 0 Å². The first kappa shape index (κ1) is 10.6. The second-order valence-corrected chi connectivity index (χ2v) is 3.86. The molecule has 0 fully saturated rings. The zero-order chi connectivity index (χ0) is 12.5. The molecule has 0 atom stereocenters. The van der Waals surface area contributed by atoms with Crippen LogP contribution in [-0.2, 0) is 0 Å². The summed E-state index contributed by atoms with van der Waals surface area (Å²) < 4.78 is 6.72. The summed E-state index contributed by atoms with van der Waals surface area (Å²) in [6, 6.07) is 9.10. The van der Waals surface area contributed by atoms with E-state index < -0.39 is 0 Å². The lowest BCUT2D eigenvalue weighted by atomic mass is 10.3. The van der Waals surface area contributed by atoms with Gasteiger partial charge in [0, 0.05) is 12.3 Å². The standard InChI is InChI=1S/C13H11N3O2/c1-18-10-4-5-12-11(7-10)15-13(17)16(12)9-3-2-6-14-8-9/h2-8H,1H3,(H,15,17). The van der Waals surface area contributed by atoms with E-state index in [4.69, 9.17) is 4.74 Å². The van der Waals surface area contributed by atoms with Gasteiger partial charge >= 0.3 is 5.69 Å². The molecule has 0 unspecified atom stereocenters. The van der Waals surface area contributed by atoms with E-state index in [9.17, 15) is 4.79 Å². The summed E-state index contributed by atoms with van der Waals surface area (Å²) in [7, 11) is 1.59. The minimum Gasteiger partial charge on any atom is -0.497 e. The van der Waals surface area contributed by atoms with E-state index in [1.807, 2.05) is 18.2 Å². The monoisotopic (exact) mass is 241 g/mol. The van der Waals surface area contributed by atoms with Crippen LogP contribution in [0.2, 0.25) is 0 Å². The summed E-state index contributed by atoms with van der Waals surface area (Å²) in [5.41, 5.74) is 2.09. The van der Waals surface area contributed by atoms with Crippen LogP contribution >= 0.6 is 0 Å². The third kappa shape index (κ3) is 1.57. The molecule has 0 aliphatic heterocycles. The second kappa shape index (κ2) is 4.03. The molecule has 0 saturated carbocycles. The molecule has 3 aromatic rings. The third-order valence-corrected chi connectivity index (χ3v) is 2.79. The zero-order valence-corrected chi connectivity index (χ0v) is 9.75. The zero-order valence-electron chi connectivity index (χ0n) is 9.75. The van der Waals surface area contributed by atoms with E-state index in [1.54, 1.807) is 36.2 Å². The average molecular weight is 241 g/mol. The molecule has 1 aromatic carbocycles. The Morgan fingerprint density at radius 3 is 2.94 bits per heavy atom. The van der Waals surface area contributed by atoms with E-state index >= 15 is 0 Å². The molecule has 0 aliphatic carbocycles. The molecule has 2 heterocycles. The fraction of sp³-hybridized carbons (Fsp3) is 0.0769. The number of hydrogen-bond acceptors (Lipinski definition) is 3. The molecular weight excluding hydrogens is 230 g/mol. The largest absolute Gasteiger partial charge is 0.497 e. The molecule has 0 bridgehead atoms. The lowest BCUT2D eigenvalue weighted by Crippen LogP contribution is -2.14. The number of aromatic nitrogens is 3. The highest BCUT2D eigenvalue weighted by atomic mass is 16.5. The highest BCUT2D eigenvalue weighted by Gasteiger charge is 2.09. The maximum absolute atomic E-state index is 12.0. The number of aromatic amines is 1. The molecular formula is C13H11N3O2. The van der Waals surface area contributed by atoms with Crippen molar-refractivity contribution in [2.45, 2.75) is 0 Å². The number of hydrogen-bond donors (Lipinski definition) is 1. The maximum Gasteiger partial charge on any atom is 0.331 e. The number of fused-ring (bicyclic) bond motifs is 1. The van der Waals surface area contributed by atoms with Gasteiger partial charge in [-0.05, 0) is 24.3 Å². The Balaban J connectivity index is 2.30. The predicted octanol–water partition coefficient (Wildman–Crippen LogP) is 1.72. The van der Waals surface area contributed by atoms with Gasteiger partial charge in [0.25, 0.3) is 0 Å². The van der Waals surface area contributed by atoms with Crippen LogP contribution < -0.4 is 10.4 Å². The van der Waals surface area contributed by atoms with Crippen molar-refractivity contribution < 1.29 is 4.74 Å². The van der Waals surface area contributed by atoms with E-state index in [2.05, 4.69) is 9.97 Å². The van der Waals surface area contributed by atoms with Gasteiger partial charge < -0.3 is 9.72 Å². The van der Waals surface area contributed by atoms with Gasteiger partial charge in [-0.25, -0.2) is 4.79 Å². The lowest BCUT2D eigenvalue weighted by Gasteiger charge is -2.03. The van der Waals surface area contributed by atoms with Crippen LogP contribution in [0.4, 0.5) is 0 Å². The number of nitrogens with zero attached hydrogens (tertiary/aromatic N) is 2. The first-order valence-corrected chi connectivity index (χ1v) is 5.49. The van der Waals surface area contributed by atoms with Crippen LogP contribution in [0.25, 0.3) is 16.7 Å². The quantitative estimate of drug-likeness (QED) is 0.743. The number of H-pyrrole nitrogens is 1. The van der Waals surface area contributed by atoms with Crippen LogP contribution in [0.3, 0.4) is 0 Å². The molecule has 5 heteroatoms. The number of imidazole rings is 1. The highest BCUT2D eigenvalue weighted by Crippen LogP contribution is 2.20. The summed E-state index contributed by atoms with van der Waals surface area (Å²) in [5, 5.41) is 0. The fourth-order valence-corrected chi connectivity index (χ4v) is 1.96. The highest BCUT2D eigenvalue weighted by molar-refractivity contribution is 5.78. The Kier molecular flexibility index (Phi) is 2.37. The van der Waals surface area contributed by atoms with Gasteiger partial charge in [-0.1, -0.05) is 0 Å². The molecule has 0 radical (unpaired) electrons. The molecule has 0 aliphatic rings. The summed E-state index contributed by atoms with van der Waals surface area (Å²) in [6.07, 6.45) is 3.32. The summed E-state index contributed by atoms with van der Waals surface area (Å²) in [4.78, 5) is 18.8. The first-order chi connectivity index (χ1) is 8.79. The fourth-order valence-electron chi connectivity index (χ4n) is 1.96. The van der Waals surface area contributed by atoms with Gasteiger partial charge in [-0.3, -0.25) is 9.55 Å². The summed E-state index contributed by atoms with van der Waals surface area (Å²) in [6.45, 7) is 0. The van der Waals surface area contributed by atoms with E-state index in [0.29, 0.717) is 5.75 Å². The molecule has 0 spiro atoms. The molecule has 0 amide bonds. The SMILES string of the molecule is COc1ccc2c(c1)[nH]c(=O)n2-c1cccnc1. The van der Waals surface area contributed by atoms with Crippen LogP contribution in [0.1, 0.15) is 0 Å². The molecule has 2 aromatic heterocycles. The van der Waals surface area contributed by atoms with Crippen molar-refractivity contribution in [3.63, 3.8) is 0 Å². The van der Waals surface area contributed by atoms with Gasteiger partial charge in [-0.15, -0.1) is 0 Å². The minimum absolute atomic E-state index is 0.189. The molecule has 0 saturated heterocycles. The Morgan fingerprint density at radius 1 is 1.33 bits per heavy atom. The minimum atomic E-state index is -0.189. The Bertz CT molecular complexity index is 744. The molecule has 1 N–H and O–H groups in total. The average Bonchev–Trinajstić information content (AvgIpc) is 2.74. The predicted molar refractivity (Wildman–Crippen MR) is 68.2 cm³/mol. The van der Waals surface area contributed by atoms with Crippen molar-refractivity contribution in [1.82, 2.24) is 14.5 Å². The van der Waals surface area contributed by atoms with Crippen molar-refractivity contribution in [2.75, 3.05) is 7.11 Å². The molecule has 90 valence electrons. The first-order valence-electron chi connectivity index (χ1n) is 5.49. The van der Waals surface area contributed by atoms with Crippen LogP contribution in [0.15, 0.2) is 47.5 Å². The normalized spacial score (nSPS) is 10.7. The number of ether oxygens (including phenoxy) is 1. The maximum atomic E-state index is 12.0. The number of methoxy groups -OCH3 is 1. The van der Waals surface area contributed by atoms with Gasteiger partial charge in [0.15, 0.2) is 0 Å². The van der Waals surface area contributed by atoms with Crippen LogP contribution in [0.5, 0.6) is 5.75 Å². The van der Waals surface area contributed by atoms with Gasteiger partial charge in [0.05, 0.1) is 30.0 Å². The van der Waals surface area contributed by atoms with Crippen LogP contribution in [0, 0.1) is 0 Å². The molecule has 5 nitrogen and oxygen atoms in total. The molecule has 3 rings (SSSR count). The van der Waals surface area contributed by atoms with Gasteiger partial charge in [0.1, 0.15) is 5.75 Å². The molecule has 18 heavy (non-hydrogen) atoms. The van der Waals surface area contributed by atoms with Gasteiger partial charge in [0.2, 0.25) is 0 Å². The Labute approximate surface area is 103 Å². The number of rotatable bonds is 2. The third-order valence-electron chi connectivity index (χ3n) is 2.79. The second-order valence-electron chi connectivity index (χ2n) is 3.86. The van der Waals surface area contributed by atoms with E-state index in [1.165, 1.54) is 0 Å². The summed E-state index contributed by atoms with van der Waals surface area (Å²) >= 11 is 0. The Morgan fingerprint density at radius 2 is 2.22 bits per heavy atom. The van der Waals surface area contributed by atoms with Crippen LogP contribution in [-0.4, -0.2) is 21.6 Å². The lowest BCUT2D eigenvalue weighted by molar-refractivity contribution is 0.415. The number of pyridine rings is 1. The van der Waals surface area contributed by atoms with Crippen molar-refractivity contribution in [1.29, 1.82) is 0 Å².